The average Bonchev–Trinajstić information content (AvgIpc) is 2.94. The Balaban J connectivity index is 1.67. The van der Waals surface area contributed by atoms with Crippen LogP contribution < -0.4 is 5.32 Å². The Morgan fingerprint density at radius 2 is 2.04 bits per heavy atom. The maximum Gasteiger partial charge on any atom is 0.416 e. The third-order valence-corrected chi connectivity index (χ3v) is 4.03. The van der Waals surface area contributed by atoms with E-state index >= 15 is 0 Å². The van der Waals surface area contributed by atoms with Crippen LogP contribution in [-0.4, -0.2) is 46.5 Å². The Morgan fingerprint density at radius 3 is 2.73 bits per heavy atom. The summed E-state index contributed by atoms with van der Waals surface area (Å²) in [6, 6.07) is 4.39. The molecule has 1 aliphatic rings. The van der Waals surface area contributed by atoms with Crippen LogP contribution in [0.4, 0.5) is 23.7 Å². The van der Waals surface area contributed by atoms with Gasteiger partial charge in [0.15, 0.2) is 0 Å². The molecule has 1 aromatic heterocycles. The van der Waals surface area contributed by atoms with E-state index in [4.69, 9.17) is 4.74 Å². The number of hydrogen-bond acceptors (Lipinski definition) is 3. The summed E-state index contributed by atoms with van der Waals surface area (Å²) in [5.41, 5.74) is 0.211. The van der Waals surface area contributed by atoms with E-state index < -0.39 is 11.7 Å². The largest absolute Gasteiger partial charge is 0.416 e. The minimum Gasteiger partial charge on any atom is -0.377 e. The average molecular weight is 368 g/mol. The first-order valence-corrected chi connectivity index (χ1v) is 8.23. The van der Waals surface area contributed by atoms with E-state index in [1.807, 2.05) is 6.92 Å². The third kappa shape index (κ3) is 4.34. The predicted molar refractivity (Wildman–Crippen MR) is 89.2 cm³/mol. The number of benzene rings is 1. The lowest BCUT2D eigenvalue weighted by atomic mass is 10.2. The molecule has 1 N–H and O–H groups in total. The Kier molecular flexibility index (Phi) is 5.17. The number of alkyl halides is 3. The molecule has 1 aromatic carbocycles. The van der Waals surface area contributed by atoms with Gasteiger partial charge >= 0.3 is 12.2 Å². The molecule has 1 saturated heterocycles. The van der Waals surface area contributed by atoms with Crippen LogP contribution in [-0.2, 0) is 10.9 Å². The molecule has 0 spiro atoms. The quantitative estimate of drug-likeness (QED) is 0.882. The zero-order valence-electron chi connectivity index (χ0n) is 14.2. The van der Waals surface area contributed by atoms with Crippen molar-refractivity contribution >= 4 is 11.7 Å². The molecule has 0 aliphatic carbocycles. The van der Waals surface area contributed by atoms with Crippen molar-refractivity contribution in [3.8, 4) is 5.69 Å². The van der Waals surface area contributed by atoms with Gasteiger partial charge in [-0.25, -0.2) is 9.48 Å². The van der Waals surface area contributed by atoms with Crippen LogP contribution in [0.3, 0.4) is 0 Å². The molecule has 0 saturated carbocycles. The maximum atomic E-state index is 12.6. The van der Waals surface area contributed by atoms with Gasteiger partial charge in [-0.15, -0.1) is 0 Å². The molecule has 1 aliphatic heterocycles. The van der Waals surface area contributed by atoms with Crippen molar-refractivity contribution in [2.45, 2.75) is 25.6 Å². The molecule has 1 atom stereocenters. The second-order valence-electron chi connectivity index (χ2n) is 6.13. The standard InChI is InChI=1S/C17H19F3N4O2/c1-12-10-23(7-2-8-26-12)16(25)22-14-9-21-24(11-14)15-5-3-13(4-6-15)17(18,19)20/h3-6,9,11-12H,2,7-8,10H2,1H3,(H,22,25). The van der Waals surface area contributed by atoms with Crippen molar-refractivity contribution in [2.75, 3.05) is 25.0 Å². The topological polar surface area (TPSA) is 59.4 Å². The van der Waals surface area contributed by atoms with Gasteiger partial charge in [0.25, 0.3) is 0 Å². The molecular weight excluding hydrogens is 349 g/mol. The van der Waals surface area contributed by atoms with Gasteiger partial charge in [-0.05, 0) is 37.6 Å². The molecule has 0 radical (unpaired) electrons. The lowest BCUT2D eigenvalue weighted by molar-refractivity contribution is -0.137. The molecule has 6 nitrogen and oxygen atoms in total. The Morgan fingerprint density at radius 1 is 1.31 bits per heavy atom. The minimum absolute atomic E-state index is 0.0295. The number of anilines is 1. The van der Waals surface area contributed by atoms with E-state index in [2.05, 4.69) is 10.4 Å². The number of urea groups is 1. The molecule has 2 heterocycles. The highest BCUT2D eigenvalue weighted by molar-refractivity contribution is 5.89. The van der Waals surface area contributed by atoms with Gasteiger partial charge < -0.3 is 15.0 Å². The molecule has 1 fully saturated rings. The fourth-order valence-corrected chi connectivity index (χ4v) is 2.71. The van der Waals surface area contributed by atoms with Gasteiger partial charge in [-0.2, -0.15) is 18.3 Å². The third-order valence-electron chi connectivity index (χ3n) is 4.03. The minimum atomic E-state index is -4.38. The van der Waals surface area contributed by atoms with Crippen molar-refractivity contribution in [1.82, 2.24) is 14.7 Å². The van der Waals surface area contributed by atoms with E-state index in [1.54, 1.807) is 11.1 Å². The van der Waals surface area contributed by atoms with E-state index in [1.165, 1.54) is 23.0 Å². The molecular formula is C17H19F3N4O2. The zero-order valence-corrected chi connectivity index (χ0v) is 14.2. The summed E-state index contributed by atoms with van der Waals surface area (Å²) in [5, 5.41) is 6.84. The Hall–Kier alpha value is -2.55. The summed E-state index contributed by atoms with van der Waals surface area (Å²) >= 11 is 0. The number of aromatic nitrogens is 2. The zero-order chi connectivity index (χ0) is 18.7. The van der Waals surface area contributed by atoms with Crippen molar-refractivity contribution in [1.29, 1.82) is 0 Å². The van der Waals surface area contributed by atoms with Gasteiger partial charge in [0, 0.05) is 19.7 Å². The highest BCUT2D eigenvalue weighted by Crippen LogP contribution is 2.29. The lowest BCUT2D eigenvalue weighted by Crippen LogP contribution is -2.38. The van der Waals surface area contributed by atoms with Crippen molar-refractivity contribution < 1.29 is 22.7 Å². The molecule has 2 aromatic rings. The van der Waals surface area contributed by atoms with E-state index in [-0.39, 0.29) is 12.1 Å². The van der Waals surface area contributed by atoms with Gasteiger partial charge in [-0.1, -0.05) is 0 Å². The lowest BCUT2D eigenvalue weighted by Gasteiger charge is -2.22. The molecule has 1 unspecified atom stereocenters. The van der Waals surface area contributed by atoms with Gasteiger partial charge in [0.05, 0.1) is 35.4 Å². The number of amides is 2. The Labute approximate surface area is 148 Å². The van der Waals surface area contributed by atoms with Crippen LogP contribution in [0.15, 0.2) is 36.7 Å². The predicted octanol–water partition coefficient (Wildman–Crippen LogP) is 3.53. The summed E-state index contributed by atoms with van der Waals surface area (Å²) in [6.07, 6.45) is -0.637. The first kappa shape index (κ1) is 18.2. The number of ether oxygens (including phenoxy) is 1. The summed E-state index contributed by atoms with van der Waals surface area (Å²) in [6.45, 7) is 3.63. The van der Waals surface area contributed by atoms with Crippen LogP contribution in [0.25, 0.3) is 5.69 Å². The van der Waals surface area contributed by atoms with Crippen molar-refractivity contribution in [3.63, 3.8) is 0 Å². The summed E-state index contributed by atoms with van der Waals surface area (Å²) in [7, 11) is 0. The highest BCUT2D eigenvalue weighted by atomic mass is 19.4. The number of carbonyl (C=O) groups excluding carboxylic acids is 1. The smallest absolute Gasteiger partial charge is 0.377 e. The van der Waals surface area contributed by atoms with Crippen LogP contribution in [0.1, 0.15) is 18.9 Å². The SMILES string of the molecule is CC1CN(C(=O)Nc2cnn(-c3ccc(C(F)(F)F)cc3)c2)CCCO1. The fraction of sp³-hybridized carbons (Fsp3) is 0.412. The fourth-order valence-electron chi connectivity index (χ4n) is 2.71. The highest BCUT2D eigenvalue weighted by Gasteiger charge is 2.30. The first-order chi connectivity index (χ1) is 12.3. The van der Waals surface area contributed by atoms with Crippen LogP contribution in [0.5, 0.6) is 0 Å². The molecule has 2 amide bonds. The Bertz CT molecular complexity index is 758. The molecule has 9 heteroatoms. The number of halogens is 3. The van der Waals surface area contributed by atoms with Crippen LogP contribution in [0.2, 0.25) is 0 Å². The van der Waals surface area contributed by atoms with E-state index in [0.29, 0.717) is 31.1 Å². The van der Waals surface area contributed by atoms with Crippen molar-refractivity contribution in [2.24, 2.45) is 0 Å². The number of nitrogens with one attached hydrogen (secondary N) is 1. The van der Waals surface area contributed by atoms with E-state index in [9.17, 15) is 18.0 Å². The van der Waals surface area contributed by atoms with Crippen LogP contribution in [0, 0.1) is 0 Å². The molecule has 0 bridgehead atoms. The van der Waals surface area contributed by atoms with Gasteiger partial charge in [0.2, 0.25) is 0 Å². The maximum absolute atomic E-state index is 12.6. The summed E-state index contributed by atoms with van der Waals surface area (Å²) < 4.78 is 44.8. The van der Waals surface area contributed by atoms with E-state index in [0.717, 1.165) is 18.6 Å². The number of hydrogen-bond donors (Lipinski definition) is 1. The van der Waals surface area contributed by atoms with Crippen molar-refractivity contribution in [3.05, 3.63) is 42.2 Å². The first-order valence-electron chi connectivity index (χ1n) is 8.23. The molecule has 140 valence electrons. The summed E-state index contributed by atoms with van der Waals surface area (Å²) in [5.74, 6) is 0. The number of carbonyl (C=O) groups is 1. The molecule has 26 heavy (non-hydrogen) atoms. The second-order valence-corrected chi connectivity index (χ2v) is 6.13. The van der Waals surface area contributed by atoms with Crippen LogP contribution >= 0.6 is 0 Å². The summed E-state index contributed by atoms with van der Waals surface area (Å²) in [4.78, 5) is 14.0. The van der Waals surface area contributed by atoms with Gasteiger partial charge in [-0.3, -0.25) is 0 Å². The van der Waals surface area contributed by atoms with Gasteiger partial charge in [0.1, 0.15) is 0 Å². The second kappa shape index (κ2) is 7.36. The monoisotopic (exact) mass is 368 g/mol. The number of nitrogens with zero attached hydrogens (tertiary/aromatic N) is 3. The normalized spacial score (nSPS) is 18.5. The number of rotatable bonds is 2. The molecule has 3 rings (SSSR count).